The van der Waals surface area contributed by atoms with E-state index in [1.807, 2.05) is 0 Å². The number of benzene rings is 1. The minimum absolute atomic E-state index is 0.159. The second kappa shape index (κ2) is 5.39. The van der Waals surface area contributed by atoms with Crippen molar-refractivity contribution >= 4 is 5.69 Å². The number of hydrogen-bond acceptors (Lipinski definition) is 2. The first-order valence-corrected chi connectivity index (χ1v) is 6.40. The van der Waals surface area contributed by atoms with E-state index in [9.17, 15) is 4.39 Å². The molecule has 2 nitrogen and oxygen atoms in total. The van der Waals surface area contributed by atoms with E-state index in [-0.39, 0.29) is 11.9 Å². The molecule has 0 spiro atoms. The molecule has 2 rings (SSSR count). The molecule has 2 unspecified atom stereocenters. The molecule has 0 saturated heterocycles. The molecule has 94 valence electrons. The molecule has 0 aliphatic heterocycles. The summed E-state index contributed by atoms with van der Waals surface area (Å²) in [6, 6.07) is 4.62. The predicted molar refractivity (Wildman–Crippen MR) is 67.5 cm³/mol. The Bertz CT molecular complexity index is 380. The van der Waals surface area contributed by atoms with Gasteiger partial charge >= 0.3 is 0 Å². The summed E-state index contributed by atoms with van der Waals surface area (Å²) in [6.07, 6.45) is 5.87. The number of hydrogen-bond donors (Lipinski definition) is 1. The van der Waals surface area contributed by atoms with Crippen molar-refractivity contribution in [2.45, 2.75) is 45.1 Å². The lowest BCUT2D eigenvalue weighted by Gasteiger charge is -2.29. The minimum atomic E-state index is -0.358. The fourth-order valence-electron chi connectivity index (χ4n) is 2.51. The molecule has 0 amide bonds. The van der Waals surface area contributed by atoms with E-state index in [1.165, 1.54) is 25.3 Å². The highest BCUT2D eigenvalue weighted by Crippen LogP contribution is 2.30. The summed E-state index contributed by atoms with van der Waals surface area (Å²) in [5.41, 5.74) is 5.94. The zero-order valence-corrected chi connectivity index (χ0v) is 10.3. The van der Waals surface area contributed by atoms with Crippen LogP contribution < -0.4 is 10.5 Å². The topological polar surface area (TPSA) is 35.2 Å². The van der Waals surface area contributed by atoms with Crippen LogP contribution in [0.25, 0.3) is 0 Å². The van der Waals surface area contributed by atoms with E-state index in [4.69, 9.17) is 10.5 Å². The highest BCUT2D eigenvalue weighted by atomic mass is 19.1. The average Bonchev–Trinajstić information content (AvgIpc) is 2.33. The third kappa shape index (κ3) is 3.11. The lowest BCUT2D eigenvalue weighted by Crippen LogP contribution is -2.25. The molecule has 17 heavy (non-hydrogen) atoms. The van der Waals surface area contributed by atoms with Crippen molar-refractivity contribution in [1.82, 2.24) is 0 Å². The van der Waals surface area contributed by atoms with Gasteiger partial charge in [0.05, 0.1) is 6.10 Å². The maximum absolute atomic E-state index is 13.6. The molecule has 0 bridgehead atoms. The molecule has 0 aromatic heterocycles. The number of rotatable bonds is 3. The SMILES string of the molecule is CCC1CCCC(Oc2ccc(N)cc2F)C1. The number of nitrogen functional groups attached to an aromatic ring is 1. The summed E-state index contributed by atoms with van der Waals surface area (Å²) < 4.78 is 19.3. The smallest absolute Gasteiger partial charge is 0.167 e. The Balaban J connectivity index is 2.00. The van der Waals surface area contributed by atoms with Crippen LogP contribution in [0, 0.1) is 11.7 Å². The van der Waals surface area contributed by atoms with E-state index in [1.54, 1.807) is 12.1 Å². The molecule has 2 N–H and O–H groups in total. The minimum Gasteiger partial charge on any atom is -0.487 e. The van der Waals surface area contributed by atoms with Crippen molar-refractivity contribution in [2.75, 3.05) is 5.73 Å². The summed E-state index contributed by atoms with van der Waals surface area (Å²) >= 11 is 0. The lowest BCUT2D eigenvalue weighted by atomic mass is 9.85. The van der Waals surface area contributed by atoms with Gasteiger partial charge in [-0.05, 0) is 37.3 Å². The zero-order chi connectivity index (χ0) is 12.3. The molecule has 1 aliphatic carbocycles. The normalized spacial score (nSPS) is 24.6. The Morgan fingerprint density at radius 3 is 2.94 bits per heavy atom. The molecule has 0 radical (unpaired) electrons. The van der Waals surface area contributed by atoms with Gasteiger partial charge in [-0.1, -0.05) is 19.8 Å². The fraction of sp³-hybridized carbons (Fsp3) is 0.571. The van der Waals surface area contributed by atoms with Crippen LogP contribution in [-0.4, -0.2) is 6.10 Å². The Hall–Kier alpha value is -1.25. The van der Waals surface area contributed by atoms with Gasteiger partial charge in [0.15, 0.2) is 11.6 Å². The monoisotopic (exact) mass is 237 g/mol. The second-order valence-electron chi connectivity index (χ2n) is 4.87. The van der Waals surface area contributed by atoms with Gasteiger partial charge < -0.3 is 10.5 Å². The van der Waals surface area contributed by atoms with Crippen LogP contribution in [-0.2, 0) is 0 Å². The Morgan fingerprint density at radius 1 is 1.41 bits per heavy atom. The fourth-order valence-corrected chi connectivity index (χ4v) is 2.51. The number of halogens is 1. The molecule has 3 heteroatoms. The van der Waals surface area contributed by atoms with E-state index < -0.39 is 0 Å². The zero-order valence-electron chi connectivity index (χ0n) is 10.3. The van der Waals surface area contributed by atoms with Gasteiger partial charge in [-0.2, -0.15) is 0 Å². The molecule has 0 heterocycles. The van der Waals surface area contributed by atoms with Crippen molar-refractivity contribution < 1.29 is 9.13 Å². The Morgan fingerprint density at radius 2 is 2.24 bits per heavy atom. The van der Waals surface area contributed by atoms with Crippen LogP contribution >= 0.6 is 0 Å². The first kappa shape index (κ1) is 12.2. The molecule has 1 saturated carbocycles. The highest BCUT2D eigenvalue weighted by molar-refractivity contribution is 5.42. The van der Waals surface area contributed by atoms with Crippen molar-refractivity contribution in [2.24, 2.45) is 5.92 Å². The number of nitrogens with two attached hydrogens (primary N) is 1. The second-order valence-corrected chi connectivity index (χ2v) is 4.87. The summed E-state index contributed by atoms with van der Waals surface area (Å²) in [6.45, 7) is 2.21. The third-order valence-corrected chi connectivity index (χ3v) is 3.56. The average molecular weight is 237 g/mol. The van der Waals surface area contributed by atoms with Gasteiger partial charge in [-0.3, -0.25) is 0 Å². The van der Waals surface area contributed by atoms with Crippen LogP contribution in [0.4, 0.5) is 10.1 Å². The van der Waals surface area contributed by atoms with E-state index in [0.29, 0.717) is 11.4 Å². The predicted octanol–water partition coefficient (Wildman–Crippen LogP) is 3.76. The molecule has 1 aliphatic rings. The standard InChI is InChI=1S/C14H20FNO/c1-2-10-4-3-5-12(8-10)17-14-7-6-11(16)9-13(14)15/h6-7,9-10,12H,2-5,8,16H2,1H3. The Labute approximate surface area is 102 Å². The summed E-state index contributed by atoms with van der Waals surface area (Å²) in [5, 5.41) is 0. The lowest BCUT2D eigenvalue weighted by molar-refractivity contribution is 0.117. The van der Waals surface area contributed by atoms with E-state index >= 15 is 0 Å². The van der Waals surface area contributed by atoms with Crippen LogP contribution in [0.1, 0.15) is 39.0 Å². The summed E-state index contributed by atoms with van der Waals surface area (Å²) in [4.78, 5) is 0. The quantitative estimate of drug-likeness (QED) is 0.812. The van der Waals surface area contributed by atoms with E-state index in [2.05, 4.69) is 6.92 Å². The summed E-state index contributed by atoms with van der Waals surface area (Å²) in [7, 11) is 0. The largest absolute Gasteiger partial charge is 0.487 e. The highest BCUT2D eigenvalue weighted by Gasteiger charge is 2.22. The van der Waals surface area contributed by atoms with Gasteiger partial charge in [0.2, 0.25) is 0 Å². The van der Waals surface area contributed by atoms with Crippen LogP contribution in [0.15, 0.2) is 18.2 Å². The number of ether oxygens (including phenoxy) is 1. The van der Waals surface area contributed by atoms with Crippen molar-refractivity contribution in [3.05, 3.63) is 24.0 Å². The molecule has 1 aromatic carbocycles. The van der Waals surface area contributed by atoms with Crippen molar-refractivity contribution in [3.8, 4) is 5.75 Å². The van der Waals surface area contributed by atoms with Gasteiger partial charge in [0, 0.05) is 11.8 Å². The van der Waals surface area contributed by atoms with Crippen molar-refractivity contribution in [3.63, 3.8) is 0 Å². The maximum atomic E-state index is 13.6. The maximum Gasteiger partial charge on any atom is 0.167 e. The first-order chi connectivity index (χ1) is 8.19. The van der Waals surface area contributed by atoms with Crippen LogP contribution in [0.5, 0.6) is 5.75 Å². The van der Waals surface area contributed by atoms with Crippen LogP contribution in [0.3, 0.4) is 0 Å². The Kier molecular flexibility index (Phi) is 3.87. The van der Waals surface area contributed by atoms with Gasteiger partial charge in [-0.25, -0.2) is 4.39 Å². The molecule has 2 atom stereocenters. The molecular formula is C14H20FNO. The molecular weight excluding hydrogens is 217 g/mol. The van der Waals surface area contributed by atoms with Gasteiger partial charge in [0.25, 0.3) is 0 Å². The molecule has 1 aromatic rings. The first-order valence-electron chi connectivity index (χ1n) is 6.40. The van der Waals surface area contributed by atoms with Gasteiger partial charge in [-0.15, -0.1) is 0 Å². The van der Waals surface area contributed by atoms with Crippen molar-refractivity contribution in [1.29, 1.82) is 0 Å². The van der Waals surface area contributed by atoms with Crippen LogP contribution in [0.2, 0.25) is 0 Å². The molecule has 1 fully saturated rings. The van der Waals surface area contributed by atoms with E-state index in [0.717, 1.165) is 18.8 Å². The van der Waals surface area contributed by atoms with Gasteiger partial charge in [0.1, 0.15) is 0 Å². The third-order valence-electron chi connectivity index (χ3n) is 3.56. The number of anilines is 1. The summed E-state index contributed by atoms with van der Waals surface area (Å²) in [5.74, 6) is 0.704.